The molecule has 138 valence electrons. The van der Waals surface area contributed by atoms with Gasteiger partial charge in [0.15, 0.2) is 5.78 Å². The van der Waals surface area contributed by atoms with Crippen LogP contribution in [-0.4, -0.2) is 47.2 Å². The number of nitrogens with zero attached hydrogens (tertiary/aromatic N) is 1. The molecule has 0 radical (unpaired) electrons. The molecule has 1 aromatic rings. The minimum Gasteiger partial charge on any atom is -0.461 e. The highest BCUT2D eigenvalue weighted by molar-refractivity contribution is 6.04. The number of amides is 1. The van der Waals surface area contributed by atoms with Crippen LogP contribution < -0.4 is 0 Å². The monoisotopic (exact) mass is 348 g/mol. The number of hydrogen-bond donors (Lipinski definition) is 1. The van der Waals surface area contributed by atoms with Gasteiger partial charge in [-0.2, -0.15) is 0 Å². The lowest BCUT2D eigenvalue weighted by atomic mass is 10.0. The highest BCUT2D eigenvalue weighted by Crippen LogP contribution is 2.30. The second-order valence-electron chi connectivity index (χ2n) is 7.09. The Morgan fingerprint density at radius 2 is 1.88 bits per heavy atom. The van der Waals surface area contributed by atoms with Gasteiger partial charge in [0.1, 0.15) is 5.69 Å². The first-order chi connectivity index (χ1) is 11.8. The molecular formula is C19H28N2O4. The molecule has 1 heterocycles. The highest BCUT2D eigenvalue weighted by Gasteiger charge is 2.30. The Hall–Kier alpha value is -2.11. The van der Waals surface area contributed by atoms with Gasteiger partial charge in [0.05, 0.1) is 13.2 Å². The van der Waals surface area contributed by atoms with Gasteiger partial charge < -0.3 is 14.6 Å². The summed E-state index contributed by atoms with van der Waals surface area (Å²) in [5, 5.41) is 0. The fourth-order valence-electron chi connectivity index (χ4n) is 3.04. The topological polar surface area (TPSA) is 79.5 Å². The lowest BCUT2D eigenvalue weighted by Gasteiger charge is -2.24. The van der Waals surface area contributed by atoms with Crippen molar-refractivity contribution in [1.29, 1.82) is 0 Å². The summed E-state index contributed by atoms with van der Waals surface area (Å²) in [5.41, 5.74) is 2.02. The molecule has 0 bridgehead atoms. The molecule has 0 spiro atoms. The molecule has 0 unspecified atom stereocenters. The molecule has 1 fully saturated rings. The van der Waals surface area contributed by atoms with Crippen LogP contribution in [0, 0.1) is 25.7 Å². The molecule has 25 heavy (non-hydrogen) atoms. The van der Waals surface area contributed by atoms with E-state index < -0.39 is 5.97 Å². The maximum absolute atomic E-state index is 12.9. The number of aromatic amines is 1. The van der Waals surface area contributed by atoms with E-state index in [1.165, 1.54) is 0 Å². The fourth-order valence-corrected chi connectivity index (χ4v) is 3.04. The maximum Gasteiger partial charge on any atom is 0.355 e. The van der Waals surface area contributed by atoms with E-state index in [2.05, 4.69) is 4.98 Å². The number of hydrogen-bond acceptors (Lipinski definition) is 4. The molecule has 2 rings (SSSR count). The van der Waals surface area contributed by atoms with Gasteiger partial charge in [0.2, 0.25) is 5.91 Å². The molecule has 6 nitrogen and oxygen atoms in total. The van der Waals surface area contributed by atoms with Crippen molar-refractivity contribution in [2.24, 2.45) is 11.8 Å². The summed E-state index contributed by atoms with van der Waals surface area (Å²) in [6.45, 7) is 9.89. The first-order valence-corrected chi connectivity index (χ1v) is 8.94. The number of aryl methyl sites for hydroxylation is 1. The number of Topliss-reactive ketones (excluding diaryl/α,β-unsaturated/α-hetero) is 1. The van der Waals surface area contributed by atoms with Gasteiger partial charge in [-0.25, -0.2) is 4.79 Å². The summed E-state index contributed by atoms with van der Waals surface area (Å²) in [5.74, 6) is -0.238. The van der Waals surface area contributed by atoms with Gasteiger partial charge in [0.25, 0.3) is 0 Å². The normalized spacial score (nSPS) is 13.8. The largest absolute Gasteiger partial charge is 0.461 e. The van der Waals surface area contributed by atoms with Crippen molar-refractivity contribution >= 4 is 17.7 Å². The number of ether oxygens (including phenoxy) is 1. The molecule has 0 aromatic carbocycles. The van der Waals surface area contributed by atoms with Crippen molar-refractivity contribution in [2.75, 3.05) is 19.7 Å². The zero-order chi connectivity index (χ0) is 18.7. The third-order valence-electron chi connectivity index (χ3n) is 4.51. The summed E-state index contributed by atoms with van der Waals surface area (Å²) in [4.78, 5) is 41.9. The number of carbonyl (C=O) groups is 3. The van der Waals surface area contributed by atoms with Crippen molar-refractivity contribution in [3.8, 4) is 0 Å². The lowest BCUT2D eigenvalue weighted by Crippen LogP contribution is -2.39. The van der Waals surface area contributed by atoms with Crippen LogP contribution in [0.3, 0.4) is 0 Å². The molecule has 0 saturated heterocycles. The minimum absolute atomic E-state index is 0.00305. The second-order valence-corrected chi connectivity index (χ2v) is 7.09. The van der Waals surface area contributed by atoms with Crippen LogP contribution >= 0.6 is 0 Å². The Kier molecular flexibility index (Phi) is 6.03. The van der Waals surface area contributed by atoms with Gasteiger partial charge in [-0.05, 0) is 45.1 Å². The van der Waals surface area contributed by atoms with Crippen molar-refractivity contribution < 1.29 is 19.1 Å². The molecule has 6 heteroatoms. The number of esters is 1. The summed E-state index contributed by atoms with van der Waals surface area (Å²) < 4.78 is 5.02. The Morgan fingerprint density at radius 1 is 1.24 bits per heavy atom. The van der Waals surface area contributed by atoms with E-state index in [1.54, 1.807) is 25.7 Å². The molecule has 1 aromatic heterocycles. The van der Waals surface area contributed by atoms with Crippen LogP contribution in [0.2, 0.25) is 0 Å². The zero-order valence-electron chi connectivity index (χ0n) is 15.8. The van der Waals surface area contributed by atoms with E-state index in [0.717, 1.165) is 12.8 Å². The Balaban J connectivity index is 2.20. The first kappa shape index (κ1) is 19.2. The zero-order valence-corrected chi connectivity index (χ0v) is 15.8. The van der Waals surface area contributed by atoms with E-state index in [-0.39, 0.29) is 30.8 Å². The van der Waals surface area contributed by atoms with Crippen molar-refractivity contribution in [3.63, 3.8) is 0 Å². The number of rotatable bonds is 8. The van der Waals surface area contributed by atoms with Gasteiger partial charge in [0, 0.05) is 23.7 Å². The molecule has 1 N–H and O–H groups in total. The summed E-state index contributed by atoms with van der Waals surface area (Å²) in [6, 6.07) is 0. The van der Waals surface area contributed by atoms with Gasteiger partial charge in [-0.1, -0.05) is 13.8 Å². The van der Waals surface area contributed by atoms with Crippen LogP contribution in [0.1, 0.15) is 65.7 Å². The second kappa shape index (κ2) is 7.85. The first-order valence-electron chi connectivity index (χ1n) is 8.94. The molecule has 1 saturated carbocycles. The number of H-pyrrole nitrogens is 1. The molecule has 0 atom stereocenters. The maximum atomic E-state index is 12.9. The standard InChI is InChI=1S/C19H28N2O4/c1-6-25-19(24)17-12(4)16(13(5)20-17)15(22)10-21(9-14-7-8-14)18(23)11(2)3/h11,14,20H,6-10H2,1-5H3. The molecule has 1 aliphatic rings. The van der Waals surface area contributed by atoms with E-state index in [4.69, 9.17) is 4.74 Å². The summed E-state index contributed by atoms with van der Waals surface area (Å²) in [7, 11) is 0. The average Bonchev–Trinajstić information content (AvgIpc) is 3.29. The third-order valence-corrected chi connectivity index (χ3v) is 4.51. The van der Waals surface area contributed by atoms with Crippen LogP contribution in [0.15, 0.2) is 0 Å². The summed E-state index contributed by atoms with van der Waals surface area (Å²) in [6.07, 6.45) is 2.23. The van der Waals surface area contributed by atoms with Crippen LogP contribution in [-0.2, 0) is 9.53 Å². The number of ketones is 1. The van der Waals surface area contributed by atoms with E-state index in [9.17, 15) is 14.4 Å². The SMILES string of the molecule is CCOC(=O)c1[nH]c(C)c(C(=O)CN(CC2CC2)C(=O)C(C)C)c1C. The molecule has 1 aliphatic carbocycles. The minimum atomic E-state index is -0.463. The predicted molar refractivity (Wildman–Crippen MR) is 94.7 cm³/mol. The number of nitrogens with one attached hydrogen (secondary N) is 1. The average molecular weight is 348 g/mol. The van der Waals surface area contributed by atoms with Crippen LogP contribution in [0.4, 0.5) is 0 Å². The van der Waals surface area contributed by atoms with Gasteiger partial charge >= 0.3 is 5.97 Å². The predicted octanol–water partition coefficient (Wildman–Crippen LogP) is 2.89. The number of carbonyl (C=O) groups excluding carboxylic acids is 3. The molecular weight excluding hydrogens is 320 g/mol. The third kappa shape index (κ3) is 4.50. The van der Waals surface area contributed by atoms with E-state index in [1.807, 2.05) is 13.8 Å². The molecule has 0 aliphatic heterocycles. The summed E-state index contributed by atoms with van der Waals surface area (Å²) >= 11 is 0. The van der Waals surface area contributed by atoms with Crippen LogP contribution in [0.25, 0.3) is 0 Å². The van der Waals surface area contributed by atoms with Crippen molar-refractivity contribution in [3.05, 3.63) is 22.5 Å². The lowest BCUT2D eigenvalue weighted by molar-refractivity contribution is -0.134. The van der Waals surface area contributed by atoms with Crippen LogP contribution in [0.5, 0.6) is 0 Å². The molecule has 1 amide bonds. The van der Waals surface area contributed by atoms with Gasteiger partial charge in [-0.15, -0.1) is 0 Å². The van der Waals surface area contributed by atoms with E-state index >= 15 is 0 Å². The number of aromatic nitrogens is 1. The Bertz CT molecular complexity index is 671. The fraction of sp³-hybridized carbons (Fsp3) is 0.632. The van der Waals surface area contributed by atoms with Crippen molar-refractivity contribution in [1.82, 2.24) is 9.88 Å². The highest BCUT2D eigenvalue weighted by atomic mass is 16.5. The Morgan fingerprint density at radius 3 is 2.40 bits per heavy atom. The van der Waals surface area contributed by atoms with E-state index in [0.29, 0.717) is 35.0 Å². The Labute approximate surface area is 148 Å². The van der Waals surface area contributed by atoms with Crippen molar-refractivity contribution in [2.45, 2.75) is 47.5 Å². The smallest absolute Gasteiger partial charge is 0.355 e. The van der Waals surface area contributed by atoms with Gasteiger partial charge in [-0.3, -0.25) is 9.59 Å². The quantitative estimate of drug-likeness (QED) is 0.579.